The van der Waals surface area contributed by atoms with Crippen molar-refractivity contribution in [1.29, 1.82) is 0 Å². The molecule has 0 aliphatic carbocycles. The molecule has 1 amide bonds. The molecule has 2 aliphatic heterocycles. The number of hydrogen-bond donors (Lipinski definition) is 1. The van der Waals surface area contributed by atoms with Gasteiger partial charge in [-0.1, -0.05) is 13.8 Å². The van der Waals surface area contributed by atoms with E-state index in [1.807, 2.05) is 0 Å². The molecule has 2 aliphatic rings. The summed E-state index contributed by atoms with van der Waals surface area (Å²) in [6.45, 7) is 9.03. The quantitative estimate of drug-likeness (QED) is 0.659. The number of sulfonamides is 1. The lowest BCUT2D eigenvalue weighted by atomic mass is 9.96. The number of morpholine rings is 1. The summed E-state index contributed by atoms with van der Waals surface area (Å²) < 4.78 is 32.4. The first-order valence-corrected chi connectivity index (χ1v) is 12.3. The molecule has 1 atom stereocenters. The van der Waals surface area contributed by atoms with E-state index in [2.05, 4.69) is 29.0 Å². The van der Waals surface area contributed by atoms with E-state index < -0.39 is 10.0 Å². The number of nitrogens with zero attached hydrogens (tertiary/aromatic N) is 3. The molecule has 30 heavy (non-hydrogen) atoms. The molecule has 2 fully saturated rings. The lowest BCUT2D eigenvalue weighted by molar-refractivity contribution is -0.126. The van der Waals surface area contributed by atoms with Crippen molar-refractivity contribution in [3.05, 3.63) is 24.5 Å². The van der Waals surface area contributed by atoms with Gasteiger partial charge in [-0.2, -0.15) is 4.31 Å². The number of carbonyl (C=O) groups is 1. The van der Waals surface area contributed by atoms with Crippen LogP contribution in [-0.4, -0.2) is 80.5 Å². The first-order valence-electron chi connectivity index (χ1n) is 10.9. The molecule has 2 saturated heterocycles. The van der Waals surface area contributed by atoms with Crippen LogP contribution in [0.5, 0.6) is 0 Å². The van der Waals surface area contributed by atoms with Gasteiger partial charge < -0.3 is 10.1 Å². The van der Waals surface area contributed by atoms with Crippen LogP contribution in [0.1, 0.15) is 33.1 Å². The Morgan fingerprint density at radius 1 is 1.23 bits per heavy atom. The molecule has 1 aromatic heterocycles. The van der Waals surface area contributed by atoms with E-state index in [4.69, 9.17) is 4.74 Å². The van der Waals surface area contributed by atoms with Crippen molar-refractivity contribution >= 4 is 15.9 Å². The van der Waals surface area contributed by atoms with Gasteiger partial charge in [0.2, 0.25) is 15.9 Å². The molecule has 168 valence electrons. The number of aromatic nitrogens is 1. The van der Waals surface area contributed by atoms with Crippen LogP contribution in [-0.2, 0) is 19.6 Å². The number of ether oxygens (including phenoxy) is 1. The van der Waals surface area contributed by atoms with E-state index in [0.29, 0.717) is 44.4 Å². The number of nitrogens with one attached hydrogen (secondary N) is 1. The van der Waals surface area contributed by atoms with Crippen LogP contribution in [0.25, 0.3) is 0 Å². The lowest BCUT2D eigenvalue weighted by Gasteiger charge is -2.36. The van der Waals surface area contributed by atoms with Gasteiger partial charge in [0, 0.05) is 57.1 Å². The van der Waals surface area contributed by atoms with Gasteiger partial charge in [-0.05, 0) is 37.3 Å². The van der Waals surface area contributed by atoms with Crippen LogP contribution in [0, 0.1) is 11.8 Å². The van der Waals surface area contributed by atoms with Gasteiger partial charge in [-0.15, -0.1) is 0 Å². The van der Waals surface area contributed by atoms with E-state index in [1.165, 1.54) is 10.5 Å². The zero-order valence-corrected chi connectivity index (χ0v) is 18.8. The van der Waals surface area contributed by atoms with E-state index in [0.717, 1.165) is 32.7 Å². The zero-order valence-electron chi connectivity index (χ0n) is 18.0. The second-order valence-corrected chi connectivity index (χ2v) is 10.5. The van der Waals surface area contributed by atoms with Crippen LogP contribution >= 0.6 is 0 Å². The van der Waals surface area contributed by atoms with Crippen LogP contribution in [0.2, 0.25) is 0 Å². The van der Waals surface area contributed by atoms with Crippen LogP contribution < -0.4 is 5.32 Å². The summed E-state index contributed by atoms with van der Waals surface area (Å²) in [6.07, 6.45) is 5.03. The van der Waals surface area contributed by atoms with E-state index in [9.17, 15) is 13.2 Å². The fourth-order valence-electron chi connectivity index (χ4n) is 4.22. The molecule has 0 unspecified atom stereocenters. The third-order valence-electron chi connectivity index (χ3n) is 5.91. The first kappa shape index (κ1) is 23.1. The summed E-state index contributed by atoms with van der Waals surface area (Å²) in [7, 11) is -3.54. The summed E-state index contributed by atoms with van der Waals surface area (Å²) in [5.41, 5.74) is 0. The molecule has 0 spiro atoms. The third-order valence-corrected chi connectivity index (χ3v) is 7.80. The second-order valence-electron chi connectivity index (χ2n) is 8.54. The Kier molecular flexibility index (Phi) is 8.21. The van der Waals surface area contributed by atoms with Gasteiger partial charge in [0.15, 0.2) is 0 Å². The number of amides is 1. The fraction of sp³-hybridized carbons (Fsp3) is 0.714. The maximum atomic E-state index is 12.8. The van der Waals surface area contributed by atoms with Crippen molar-refractivity contribution in [3.63, 3.8) is 0 Å². The molecule has 1 aromatic rings. The van der Waals surface area contributed by atoms with Crippen LogP contribution in [0.3, 0.4) is 0 Å². The number of pyridine rings is 1. The van der Waals surface area contributed by atoms with Crippen molar-refractivity contribution in [3.8, 4) is 0 Å². The number of piperidine rings is 1. The first-order chi connectivity index (χ1) is 14.4. The lowest BCUT2D eigenvalue weighted by Crippen LogP contribution is -2.50. The molecular formula is C21H34N4O4S. The summed E-state index contributed by atoms with van der Waals surface area (Å²) in [4.78, 5) is 19.3. The van der Waals surface area contributed by atoms with Crippen molar-refractivity contribution < 1.29 is 17.9 Å². The minimum absolute atomic E-state index is 0.0374. The Hall–Kier alpha value is -1.55. The number of rotatable bonds is 8. The van der Waals surface area contributed by atoms with E-state index >= 15 is 0 Å². The molecule has 0 aromatic carbocycles. The van der Waals surface area contributed by atoms with Crippen molar-refractivity contribution in [2.45, 2.75) is 44.0 Å². The maximum Gasteiger partial charge on any atom is 0.244 e. The molecule has 3 heterocycles. The predicted molar refractivity (Wildman–Crippen MR) is 114 cm³/mol. The smallest absolute Gasteiger partial charge is 0.244 e. The minimum Gasteiger partial charge on any atom is -0.379 e. The summed E-state index contributed by atoms with van der Waals surface area (Å²) >= 11 is 0. The minimum atomic E-state index is -3.54. The zero-order chi connectivity index (χ0) is 21.6. The van der Waals surface area contributed by atoms with Gasteiger partial charge in [-0.25, -0.2) is 8.42 Å². The molecule has 0 radical (unpaired) electrons. The van der Waals surface area contributed by atoms with Gasteiger partial charge in [0.1, 0.15) is 4.90 Å². The van der Waals surface area contributed by atoms with E-state index in [1.54, 1.807) is 18.3 Å². The molecule has 0 bridgehead atoms. The Bertz CT molecular complexity index is 773. The van der Waals surface area contributed by atoms with Crippen LogP contribution in [0.4, 0.5) is 0 Å². The third kappa shape index (κ3) is 6.00. The molecule has 3 rings (SSSR count). The highest BCUT2D eigenvalue weighted by Crippen LogP contribution is 2.23. The average molecular weight is 439 g/mol. The molecule has 8 nitrogen and oxygen atoms in total. The van der Waals surface area contributed by atoms with Gasteiger partial charge in [-0.3, -0.25) is 14.7 Å². The number of hydrogen-bond acceptors (Lipinski definition) is 6. The van der Waals surface area contributed by atoms with Crippen molar-refractivity contribution in [1.82, 2.24) is 19.5 Å². The van der Waals surface area contributed by atoms with Gasteiger partial charge in [0.05, 0.1) is 13.2 Å². The van der Waals surface area contributed by atoms with Crippen molar-refractivity contribution in [2.24, 2.45) is 11.8 Å². The monoisotopic (exact) mass is 438 g/mol. The summed E-state index contributed by atoms with van der Waals surface area (Å²) in [6, 6.07) is 3.49. The maximum absolute atomic E-state index is 12.8. The molecular weight excluding hydrogens is 404 g/mol. The summed E-state index contributed by atoms with van der Waals surface area (Å²) in [5.74, 6) is 0.445. The Labute approximate surface area is 180 Å². The Balaban J connectivity index is 1.50. The number of carbonyl (C=O) groups excluding carboxylic acids is 1. The van der Waals surface area contributed by atoms with Gasteiger partial charge >= 0.3 is 0 Å². The standard InChI is InChI=1S/C21H34N4O4S/c1-17(2)14-19(24-10-12-29-13-11-24)15-23-21(26)18-5-8-25(9-6-18)30(27,28)20-4-3-7-22-16-20/h3-4,7,16-19H,5-6,8-15H2,1-2H3,(H,23,26)/t19-/m1/s1. The Morgan fingerprint density at radius 2 is 1.93 bits per heavy atom. The SMILES string of the molecule is CC(C)C[C@H](CNC(=O)C1CCN(S(=O)(=O)c2cccnc2)CC1)N1CCOCC1. The summed E-state index contributed by atoms with van der Waals surface area (Å²) in [5, 5.41) is 3.14. The largest absolute Gasteiger partial charge is 0.379 e. The highest BCUT2D eigenvalue weighted by atomic mass is 32.2. The average Bonchev–Trinajstić information content (AvgIpc) is 2.77. The molecule has 1 N–H and O–H groups in total. The second kappa shape index (κ2) is 10.7. The topological polar surface area (TPSA) is 91.8 Å². The highest BCUT2D eigenvalue weighted by molar-refractivity contribution is 7.89. The van der Waals surface area contributed by atoms with Crippen molar-refractivity contribution in [2.75, 3.05) is 45.9 Å². The fourth-order valence-corrected chi connectivity index (χ4v) is 5.65. The normalized spacial score (nSPS) is 20.9. The molecule has 0 saturated carbocycles. The molecule has 9 heteroatoms. The predicted octanol–water partition coefficient (Wildman–Crippen LogP) is 1.35. The highest BCUT2D eigenvalue weighted by Gasteiger charge is 2.32. The Morgan fingerprint density at radius 3 is 2.53 bits per heavy atom. The van der Waals surface area contributed by atoms with Gasteiger partial charge in [0.25, 0.3) is 0 Å². The van der Waals surface area contributed by atoms with E-state index in [-0.39, 0.29) is 16.7 Å². The van der Waals surface area contributed by atoms with Crippen LogP contribution in [0.15, 0.2) is 29.4 Å².